The third kappa shape index (κ3) is 2.24. The number of nitrogens with zero attached hydrogens (tertiary/aromatic N) is 2. The van der Waals surface area contributed by atoms with Gasteiger partial charge in [0.05, 0.1) is 18.2 Å². The number of piperidine rings is 1. The van der Waals surface area contributed by atoms with Crippen LogP contribution in [-0.4, -0.2) is 35.8 Å². The van der Waals surface area contributed by atoms with Crippen LogP contribution in [0, 0.1) is 6.92 Å². The summed E-state index contributed by atoms with van der Waals surface area (Å²) in [5.74, 6) is -0.119. The lowest BCUT2D eigenvalue weighted by molar-refractivity contribution is -0.123. The molecule has 0 aliphatic carbocycles. The molecule has 0 radical (unpaired) electrons. The topological polar surface area (TPSA) is 40.6 Å². The monoisotopic (exact) mass is 272 g/mol. The van der Waals surface area contributed by atoms with E-state index in [9.17, 15) is 9.59 Å². The van der Waals surface area contributed by atoms with Gasteiger partial charge in [-0.2, -0.15) is 0 Å². The van der Waals surface area contributed by atoms with Crippen molar-refractivity contribution in [3.05, 3.63) is 29.8 Å². The van der Waals surface area contributed by atoms with Crippen molar-refractivity contribution in [3.63, 3.8) is 0 Å². The van der Waals surface area contributed by atoms with Gasteiger partial charge in [-0.3, -0.25) is 14.5 Å². The molecule has 0 saturated carbocycles. The minimum absolute atomic E-state index is 0.0498. The number of hydrogen-bond donors (Lipinski definition) is 0. The Balaban J connectivity index is 1.85. The highest BCUT2D eigenvalue weighted by molar-refractivity contribution is 6.22. The van der Waals surface area contributed by atoms with Crippen LogP contribution in [0.3, 0.4) is 0 Å². The molecule has 0 unspecified atom stereocenters. The summed E-state index contributed by atoms with van der Waals surface area (Å²) in [5, 5.41) is 0. The summed E-state index contributed by atoms with van der Waals surface area (Å²) in [6.07, 6.45) is 3.81. The van der Waals surface area contributed by atoms with Crippen molar-refractivity contribution < 1.29 is 9.59 Å². The van der Waals surface area contributed by atoms with Gasteiger partial charge in [0.15, 0.2) is 0 Å². The minimum Gasteiger partial charge on any atom is -0.292 e. The van der Waals surface area contributed by atoms with E-state index in [1.54, 1.807) is 0 Å². The summed E-state index contributed by atoms with van der Waals surface area (Å²) in [6, 6.07) is 7.33. The van der Waals surface area contributed by atoms with Crippen LogP contribution >= 0.6 is 0 Å². The van der Waals surface area contributed by atoms with Gasteiger partial charge in [0.25, 0.3) is 5.91 Å². The number of carbonyl (C=O) groups is 2. The number of hydrogen-bond acceptors (Lipinski definition) is 3. The van der Waals surface area contributed by atoms with Gasteiger partial charge < -0.3 is 0 Å². The Morgan fingerprint density at radius 2 is 1.75 bits per heavy atom. The molecule has 4 heteroatoms. The Bertz CT molecular complexity index is 535. The van der Waals surface area contributed by atoms with E-state index in [-0.39, 0.29) is 17.9 Å². The maximum Gasteiger partial charge on any atom is 0.251 e. The van der Waals surface area contributed by atoms with Crippen LogP contribution in [0.2, 0.25) is 0 Å². The van der Waals surface area contributed by atoms with Crippen LogP contribution in [0.1, 0.15) is 31.2 Å². The van der Waals surface area contributed by atoms with Crippen molar-refractivity contribution >= 4 is 17.5 Å². The van der Waals surface area contributed by atoms with E-state index < -0.39 is 0 Å². The summed E-state index contributed by atoms with van der Waals surface area (Å²) in [7, 11) is 0. The number of likely N-dealkylation sites (tertiary alicyclic amines) is 1. The first-order chi connectivity index (χ1) is 9.68. The van der Waals surface area contributed by atoms with Gasteiger partial charge in [0.2, 0.25) is 5.91 Å². The molecule has 3 rings (SSSR count). The molecule has 0 spiro atoms. The van der Waals surface area contributed by atoms with Gasteiger partial charge in [0.1, 0.15) is 0 Å². The second kappa shape index (κ2) is 5.37. The van der Waals surface area contributed by atoms with Crippen molar-refractivity contribution in [1.82, 2.24) is 4.90 Å². The van der Waals surface area contributed by atoms with Crippen molar-refractivity contribution in [2.75, 3.05) is 18.0 Å². The van der Waals surface area contributed by atoms with E-state index in [2.05, 4.69) is 4.90 Å². The number of benzene rings is 1. The normalized spacial score (nSPS) is 24.4. The molecule has 1 aromatic rings. The number of anilines is 1. The lowest BCUT2D eigenvalue weighted by Crippen LogP contribution is -2.44. The first kappa shape index (κ1) is 13.3. The van der Waals surface area contributed by atoms with Gasteiger partial charge in [-0.15, -0.1) is 0 Å². The first-order valence-corrected chi connectivity index (χ1v) is 7.35. The van der Waals surface area contributed by atoms with Crippen LogP contribution in [-0.2, 0) is 9.59 Å². The van der Waals surface area contributed by atoms with E-state index in [4.69, 9.17) is 0 Å². The fourth-order valence-corrected chi connectivity index (χ4v) is 3.20. The summed E-state index contributed by atoms with van der Waals surface area (Å²) >= 11 is 0. The van der Waals surface area contributed by atoms with E-state index in [0.29, 0.717) is 6.42 Å². The predicted molar refractivity (Wildman–Crippen MR) is 77.5 cm³/mol. The number of aryl methyl sites for hydroxylation is 1. The zero-order chi connectivity index (χ0) is 14.1. The Hall–Kier alpha value is -1.68. The van der Waals surface area contributed by atoms with Gasteiger partial charge in [-0.25, -0.2) is 4.90 Å². The Morgan fingerprint density at radius 3 is 2.45 bits per heavy atom. The maximum absolute atomic E-state index is 12.6. The molecule has 1 atom stereocenters. The third-order valence-electron chi connectivity index (χ3n) is 4.31. The van der Waals surface area contributed by atoms with Crippen molar-refractivity contribution in [3.8, 4) is 0 Å². The average Bonchev–Trinajstić information content (AvgIpc) is 2.76. The predicted octanol–water partition coefficient (Wildman–Crippen LogP) is 2.11. The van der Waals surface area contributed by atoms with Gasteiger partial charge in [-0.05, 0) is 44.5 Å². The van der Waals surface area contributed by atoms with Crippen LogP contribution in [0.25, 0.3) is 0 Å². The highest BCUT2D eigenvalue weighted by atomic mass is 16.2. The van der Waals surface area contributed by atoms with Crippen LogP contribution < -0.4 is 4.90 Å². The molecular formula is C16H20N2O2. The number of para-hydroxylation sites is 1. The first-order valence-electron chi connectivity index (χ1n) is 7.35. The van der Waals surface area contributed by atoms with Crippen LogP contribution in [0.4, 0.5) is 5.69 Å². The standard InChI is InChI=1S/C16H20N2O2/c1-12-7-3-4-8-13(12)18-15(19)11-14(16(18)20)17-9-5-2-6-10-17/h3-4,7-8,14H,2,5-6,9-11H2,1H3/t14-/m1/s1. The molecule has 20 heavy (non-hydrogen) atoms. The molecular weight excluding hydrogens is 252 g/mol. The highest BCUT2D eigenvalue weighted by Gasteiger charge is 2.43. The minimum atomic E-state index is -0.248. The zero-order valence-corrected chi connectivity index (χ0v) is 11.8. The van der Waals surface area contributed by atoms with Crippen molar-refractivity contribution in [1.29, 1.82) is 0 Å². The Kier molecular flexibility index (Phi) is 3.57. The van der Waals surface area contributed by atoms with Gasteiger partial charge in [-0.1, -0.05) is 24.6 Å². The van der Waals surface area contributed by atoms with Crippen LogP contribution in [0.5, 0.6) is 0 Å². The quantitative estimate of drug-likeness (QED) is 0.774. The molecule has 4 nitrogen and oxygen atoms in total. The summed E-state index contributed by atoms with van der Waals surface area (Å²) in [4.78, 5) is 28.5. The lowest BCUT2D eigenvalue weighted by Gasteiger charge is -2.30. The average molecular weight is 272 g/mol. The Morgan fingerprint density at radius 1 is 1.05 bits per heavy atom. The zero-order valence-electron chi connectivity index (χ0n) is 11.8. The summed E-state index contributed by atoms with van der Waals surface area (Å²) < 4.78 is 0. The molecule has 1 aromatic carbocycles. The van der Waals surface area contributed by atoms with Crippen LogP contribution in [0.15, 0.2) is 24.3 Å². The SMILES string of the molecule is Cc1ccccc1N1C(=O)C[C@@H](N2CCCCC2)C1=O. The van der Waals surface area contributed by atoms with E-state index in [0.717, 1.165) is 37.2 Å². The molecule has 2 aliphatic rings. The van der Waals surface area contributed by atoms with Crippen molar-refractivity contribution in [2.45, 2.75) is 38.6 Å². The van der Waals surface area contributed by atoms with Gasteiger partial charge in [0, 0.05) is 0 Å². The molecule has 2 heterocycles. The summed E-state index contributed by atoms with van der Waals surface area (Å²) in [6.45, 7) is 3.81. The van der Waals surface area contributed by atoms with Gasteiger partial charge >= 0.3 is 0 Å². The second-order valence-electron chi connectivity index (χ2n) is 5.67. The number of amides is 2. The fraction of sp³-hybridized carbons (Fsp3) is 0.500. The van der Waals surface area contributed by atoms with E-state index >= 15 is 0 Å². The molecule has 0 aromatic heterocycles. The Labute approximate surface area is 119 Å². The fourth-order valence-electron chi connectivity index (χ4n) is 3.20. The highest BCUT2D eigenvalue weighted by Crippen LogP contribution is 2.29. The second-order valence-corrected chi connectivity index (χ2v) is 5.67. The van der Waals surface area contributed by atoms with Crippen molar-refractivity contribution in [2.24, 2.45) is 0 Å². The number of imide groups is 1. The largest absolute Gasteiger partial charge is 0.292 e. The smallest absolute Gasteiger partial charge is 0.251 e. The molecule has 2 amide bonds. The number of carbonyl (C=O) groups excluding carboxylic acids is 2. The third-order valence-corrected chi connectivity index (χ3v) is 4.31. The lowest BCUT2D eigenvalue weighted by atomic mass is 10.1. The maximum atomic E-state index is 12.6. The molecule has 0 N–H and O–H groups in total. The number of rotatable bonds is 2. The van der Waals surface area contributed by atoms with E-state index in [1.807, 2.05) is 31.2 Å². The molecule has 2 aliphatic heterocycles. The molecule has 0 bridgehead atoms. The molecule has 106 valence electrons. The molecule has 2 fully saturated rings. The van der Waals surface area contributed by atoms with E-state index in [1.165, 1.54) is 11.3 Å². The molecule has 2 saturated heterocycles. The summed E-state index contributed by atoms with van der Waals surface area (Å²) in [5.41, 5.74) is 1.70.